The highest BCUT2D eigenvalue weighted by Crippen LogP contribution is 2.20. The Balaban J connectivity index is 0.00000450. The summed E-state index contributed by atoms with van der Waals surface area (Å²) in [5.74, 6) is 1.39. The highest BCUT2D eigenvalue weighted by atomic mass is 127. The molecule has 10 heteroatoms. The van der Waals surface area contributed by atoms with E-state index in [1.165, 1.54) is 4.90 Å². The Bertz CT molecular complexity index is 629. The third-order valence-corrected chi connectivity index (χ3v) is 4.56. The fourth-order valence-corrected chi connectivity index (χ4v) is 3.12. The predicted molar refractivity (Wildman–Crippen MR) is 123 cm³/mol. The lowest BCUT2D eigenvalue weighted by atomic mass is 10.2. The second kappa shape index (κ2) is 13.9. The minimum absolute atomic E-state index is 0. The van der Waals surface area contributed by atoms with E-state index in [9.17, 15) is 13.2 Å². The van der Waals surface area contributed by atoms with Crippen molar-refractivity contribution in [3.8, 4) is 5.75 Å². The average Bonchev–Trinajstić information content (AvgIpc) is 3.11. The molecule has 1 aliphatic rings. The highest BCUT2D eigenvalue weighted by Gasteiger charge is 2.34. The van der Waals surface area contributed by atoms with Crippen molar-refractivity contribution >= 4 is 29.9 Å². The monoisotopic (exact) mass is 544 g/mol. The molecule has 0 radical (unpaired) electrons. The molecule has 0 bridgehead atoms. The van der Waals surface area contributed by atoms with E-state index in [-0.39, 0.29) is 30.0 Å². The summed E-state index contributed by atoms with van der Waals surface area (Å²) < 4.78 is 48.3. The number of nitrogens with zero attached hydrogens (tertiary/aromatic N) is 2. The van der Waals surface area contributed by atoms with E-state index in [4.69, 9.17) is 9.47 Å². The summed E-state index contributed by atoms with van der Waals surface area (Å²) in [5, 5.41) is 6.53. The summed E-state index contributed by atoms with van der Waals surface area (Å²) in [7, 11) is 1.62. The molecule has 1 heterocycles. The van der Waals surface area contributed by atoms with E-state index < -0.39 is 12.7 Å². The van der Waals surface area contributed by atoms with Gasteiger partial charge in [-0.3, -0.25) is 4.90 Å². The minimum Gasteiger partial charge on any atom is -0.497 e. The molecule has 1 fully saturated rings. The molecular weight excluding hydrogens is 512 g/mol. The van der Waals surface area contributed by atoms with Crippen LogP contribution in [-0.2, 0) is 11.3 Å². The van der Waals surface area contributed by atoms with Crippen LogP contribution in [-0.4, -0.2) is 69.6 Å². The van der Waals surface area contributed by atoms with Gasteiger partial charge < -0.3 is 20.1 Å². The number of ether oxygens (including phenoxy) is 2. The molecule has 1 aromatic rings. The van der Waals surface area contributed by atoms with Crippen LogP contribution in [0.3, 0.4) is 0 Å². The normalized spacial score (nSPS) is 17.5. The topological polar surface area (TPSA) is 58.1 Å². The number of likely N-dealkylation sites (tertiary alicyclic amines) is 1. The van der Waals surface area contributed by atoms with Crippen molar-refractivity contribution in [1.82, 2.24) is 15.5 Å². The molecule has 0 amide bonds. The van der Waals surface area contributed by atoms with Gasteiger partial charge in [0.2, 0.25) is 0 Å². The van der Waals surface area contributed by atoms with E-state index >= 15 is 0 Å². The van der Waals surface area contributed by atoms with Gasteiger partial charge >= 0.3 is 6.18 Å². The summed E-state index contributed by atoms with van der Waals surface area (Å²) >= 11 is 0. The molecular formula is C20H32F3IN4O2. The number of hydrogen-bond acceptors (Lipinski definition) is 4. The van der Waals surface area contributed by atoms with Crippen molar-refractivity contribution in [2.24, 2.45) is 4.99 Å². The lowest BCUT2D eigenvalue weighted by Crippen LogP contribution is -2.45. The molecule has 0 spiro atoms. The van der Waals surface area contributed by atoms with E-state index in [0.29, 0.717) is 51.8 Å². The first-order chi connectivity index (χ1) is 13.9. The molecule has 2 N–H and O–H groups in total. The number of hydrogen-bond donors (Lipinski definition) is 2. The van der Waals surface area contributed by atoms with Crippen molar-refractivity contribution < 1.29 is 22.6 Å². The van der Waals surface area contributed by atoms with Gasteiger partial charge in [-0.2, -0.15) is 13.2 Å². The number of methoxy groups -OCH3 is 1. The minimum atomic E-state index is -4.17. The number of nitrogens with one attached hydrogen (secondary N) is 2. The van der Waals surface area contributed by atoms with Crippen LogP contribution in [0.5, 0.6) is 5.75 Å². The summed E-state index contributed by atoms with van der Waals surface area (Å²) in [4.78, 5) is 6.03. The van der Waals surface area contributed by atoms with Gasteiger partial charge in [0, 0.05) is 38.9 Å². The summed E-state index contributed by atoms with van der Waals surface area (Å²) in [5.41, 5.74) is 1.02. The third kappa shape index (κ3) is 10.7. The lowest BCUT2D eigenvalue weighted by Gasteiger charge is -2.20. The average molecular weight is 544 g/mol. The molecule has 6 nitrogen and oxygen atoms in total. The lowest BCUT2D eigenvalue weighted by molar-refractivity contribution is -0.143. The molecule has 2 rings (SSSR count). The first-order valence-electron chi connectivity index (χ1n) is 9.94. The zero-order chi connectivity index (χ0) is 21.1. The zero-order valence-electron chi connectivity index (χ0n) is 17.5. The molecule has 1 saturated heterocycles. The van der Waals surface area contributed by atoms with Gasteiger partial charge in [0.15, 0.2) is 5.96 Å². The number of aliphatic imine (C=N–C) groups is 1. The van der Waals surface area contributed by atoms with E-state index in [2.05, 4.69) is 15.6 Å². The Labute approximate surface area is 193 Å². The Morgan fingerprint density at radius 1 is 1.27 bits per heavy atom. The quantitative estimate of drug-likeness (QED) is 0.205. The second-order valence-corrected chi connectivity index (χ2v) is 6.97. The first kappa shape index (κ1) is 26.8. The van der Waals surface area contributed by atoms with Crippen LogP contribution in [0.4, 0.5) is 13.2 Å². The van der Waals surface area contributed by atoms with Crippen molar-refractivity contribution in [3.05, 3.63) is 29.8 Å². The molecule has 172 valence electrons. The van der Waals surface area contributed by atoms with Crippen molar-refractivity contribution in [2.75, 3.05) is 46.5 Å². The fourth-order valence-electron chi connectivity index (χ4n) is 3.12. The smallest absolute Gasteiger partial charge is 0.401 e. The molecule has 0 aromatic heterocycles. The van der Waals surface area contributed by atoms with Crippen molar-refractivity contribution in [1.29, 1.82) is 0 Å². The molecule has 30 heavy (non-hydrogen) atoms. The van der Waals surface area contributed by atoms with Crippen molar-refractivity contribution in [3.63, 3.8) is 0 Å². The Morgan fingerprint density at radius 3 is 2.63 bits per heavy atom. The first-order valence-corrected chi connectivity index (χ1v) is 9.94. The Kier molecular flexibility index (Phi) is 12.4. The largest absolute Gasteiger partial charge is 0.497 e. The summed E-state index contributed by atoms with van der Waals surface area (Å²) in [6.07, 6.45) is -2.70. The van der Waals surface area contributed by atoms with Crippen LogP contribution in [0.2, 0.25) is 0 Å². The van der Waals surface area contributed by atoms with Gasteiger partial charge in [-0.15, -0.1) is 24.0 Å². The number of rotatable bonds is 10. The summed E-state index contributed by atoms with van der Waals surface area (Å²) in [6, 6.07) is 7.57. The van der Waals surface area contributed by atoms with Crippen LogP contribution >= 0.6 is 24.0 Å². The maximum Gasteiger partial charge on any atom is 0.401 e. The number of alkyl halides is 3. The summed E-state index contributed by atoms with van der Waals surface area (Å²) in [6.45, 7) is 4.31. The predicted octanol–water partition coefficient (Wildman–Crippen LogP) is 3.41. The molecule has 0 aliphatic carbocycles. The van der Waals surface area contributed by atoms with E-state index in [1.54, 1.807) is 7.11 Å². The SMILES string of the molecule is CCOCCCNC(=NCc1ccc(OC)cc1)NC1CCN(CC(F)(F)F)C1.I. The van der Waals surface area contributed by atoms with Gasteiger partial charge in [0.25, 0.3) is 0 Å². The van der Waals surface area contributed by atoms with Crippen LogP contribution < -0.4 is 15.4 Å². The Hall–Kier alpha value is -1.27. The van der Waals surface area contributed by atoms with Crippen LogP contribution in [0, 0.1) is 0 Å². The number of halogens is 4. The molecule has 1 aromatic carbocycles. The molecule has 0 saturated carbocycles. The molecule has 1 aliphatic heterocycles. The standard InChI is InChI=1S/C20H31F3N4O2.HI/c1-3-29-12-4-10-24-19(25-13-16-5-7-18(28-2)8-6-16)26-17-9-11-27(14-17)15-20(21,22)23;/h5-8,17H,3-4,9-15H2,1-2H3,(H2,24,25,26);1H. The zero-order valence-corrected chi connectivity index (χ0v) is 19.8. The second-order valence-electron chi connectivity index (χ2n) is 6.97. The van der Waals surface area contributed by atoms with Gasteiger partial charge in [0.05, 0.1) is 20.2 Å². The van der Waals surface area contributed by atoms with Crippen molar-refractivity contribution in [2.45, 2.75) is 38.5 Å². The van der Waals surface area contributed by atoms with Crippen LogP contribution in [0.1, 0.15) is 25.3 Å². The van der Waals surface area contributed by atoms with Gasteiger partial charge in [0.1, 0.15) is 5.75 Å². The van der Waals surface area contributed by atoms with Gasteiger partial charge in [-0.05, 0) is 37.5 Å². The van der Waals surface area contributed by atoms with Gasteiger partial charge in [-0.1, -0.05) is 12.1 Å². The van der Waals surface area contributed by atoms with Gasteiger partial charge in [-0.25, -0.2) is 4.99 Å². The molecule has 1 unspecified atom stereocenters. The van der Waals surface area contributed by atoms with Crippen LogP contribution in [0.15, 0.2) is 29.3 Å². The fraction of sp³-hybridized carbons (Fsp3) is 0.650. The van der Waals surface area contributed by atoms with E-state index in [1.807, 2.05) is 31.2 Å². The number of benzene rings is 1. The van der Waals surface area contributed by atoms with E-state index in [0.717, 1.165) is 17.7 Å². The maximum atomic E-state index is 12.6. The maximum absolute atomic E-state index is 12.6. The van der Waals surface area contributed by atoms with Crippen LogP contribution in [0.25, 0.3) is 0 Å². The highest BCUT2D eigenvalue weighted by molar-refractivity contribution is 14.0. The Morgan fingerprint density at radius 2 is 2.00 bits per heavy atom. The third-order valence-electron chi connectivity index (χ3n) is 4.56. The number of guanidine groups is 1. The molecule has 1 atom stereocenters.